The van der Waals surface area contributed by atoms with Gasteiger partial charge in [-0.25, -0.2) is 18.2 Å². The first-order valence-corrected chi connectivity index (χ1v) is 14.3. The molecule has 0 amide bonds. The summed E-state index contributed by atoms with van der Waals surface area (Å²) in [7, 11) is 1.44. The fraction of sp³-hybridized carbons (Fsp3) is 0.455. The van der Waals surface area contributed by atoms with E-state index in [0.717, 1.165) is 43.0 Å². The van der Waals surface area contributed by atoms with Crippen LogP contribution in [0.2, 0.25) is 0 Å². The van der Waals surface area contributed by atoms with Gasteiger partial charge in [0, 0.05) is 28.2 Å². The van der Waals surface area contributed by atoms with Gasteiger partial charge in [-0.1, -0.05) is 26.3 Å². The van der Waals surface area contributed by atoms with Crippen LogP contribution in [0.1, 0.15) is 80.5 Å². The Morgan fingerprint density at radius 1 is 1.07 bits per heavy atom. The lowest BCUT2D eigenvalue weighted by Crippen LogP contribution is -2.23. The maximum Gasteiger partial charge on any atom is 0.307 e. The van der Waals surface area contributed by atoms with Crippen LogP contribution in [0.25, 0.3) is 11.1 Å². The molecule has 5 nitrogen and oxygen atoms in total. The van der Waals surface area contributed by atoms with E-state index in [2.05, 4.69) is 18.8 Å². The number of benzene rings is 2. The number of pyridine rings is 1. The lowest BCUT2D eigenvalue weighted by atomic mass is 9.75. The molecule has 0 radical (unpaired) electrons. The van der Waals surface area contributed by atoms with Crippen molar-refractivity contribution in [1.29, 1.82) is 0 Å². The van der Waals surface area contributed by atoms with E-state index in [0.29, 0.717) is 30.4 Å². The van der Waals surface area contributed by atoms with Crippen LogP contribution >= 0.6 is 0 Å². The molecule has 0 bridgehead atoms. The molecule has 2 fully saturated rings. The van der Waals surface area contributed by atoms with E-state index in [1.807, 2.05) is 0 Å². The van der Waals surface area contributed by atoms with Gasteiger partial charge in [-0.3, -0.25) is 4.79 Å². The van der Waals surface area contributed by atoms with Crippen molar-refractivity contribution in [2.75, 3.05) is 7.11 Å². The molecule has 1 heterocycles. The van der Waals surface area contributed by atoms with Gasteiger partial charge in [0.05, 0.1) is 19.2 Å². The molecule has 41 heavy (non-hydrogen) atoms. The number of aromatic nitrogens is 1. The number of halogens is 3. The van der Waals surface area contributed by atoms with Crippen molar-refractivity contribution in [3.8, 4) is 22.8 Å². The molecular formula is C33H34F3NO4. The number of carboxylic acid groups (broad SMARTS) is 1. The Morgan fingerprint density at radius 3 is 2.56 bits per heavy atom. The molecule has 1 aromatic heterocycles. The lowest BCUT2D eigenvalue weighted by Gasteiger charge is -2.30. The summed E-state index contributed by atoms with van der Waals surface area (Å²) in [5.41, 5.74) is 2.21. The molecule has 216 valence electrons. The van der Waals surface area contributed by atoms with Gasteiger partial charge >= 0.3 is 5.97 Å². The van der Waals surface area contributed by atoms with Crippen LogP contribution in [0, 0.1) is 28.8 Å². The van der Waals surface area contributed by atoms with Gasteiger partial charge in [-0.15, -0.1) is 0 Å². The third-order valence-electron chi connectivity index (χ3n) is 9.70. The highest BCUT2D eigenvalue weighted by molar-refractivity contribution is 5.78. The van der Waals surface area contributed by atoms with Crippen LogP contribution in [-0.4, -0.2) is 23.2 Å². The topological polar surface area (TPSA) is 68.7 Å². The van der Waals surface area contributed by atoms with Crippen LogP contribution in [-0.2, 0) is 23.2 Å². The van der Waals surface area contributed by atoms with E-state index in [1.54, 1.807) is 18.2 Å². The fourth-order valence-electron chi connectivity index (χ4n) is 7.42. The van der Waals surface area contributed by atoms with Crippen molar-refractivity contribution in [3.63, 3.8) is 0 Å². The van der Waals surface area contributed by atoms with E-state index in [4.69, 9.17) is 9.47 Å². The zero-order chi connectivity index (χ0) is 29.1. The number of methoxy groups -OCH3 is 1. The molecule has 1 N–H and O–H groups in total. The molecule has 3 atom stereocenters. The zero-order valence-electron chi connectivity index (χ0n) is 23.5. The number of carbonyl (C=O) groups is 1. The third-order valence-corrected chi connectivity index (χ3v) is 9.70. The van der Waals surface area contributed by atoms with Crippen LogP contribution in [0.5, 0.6) is 11.6 Å². The Morgan fingerprint density at radius 2 is 1.88 bits per heavy atom. The molecule has 1 spiro atoms. The molecule has 3 aliphatic carbocycles. The van der Waals surface area contributed by atoms with E-state index in [-0.39, 0.29) is 40.7 Å². The normalized spacial score (nSPS) is 24.2. The maximum absolute atomic E-state index is 15.9. The molecular weight excluding hydrogens is 531 g/mol. The van der Waals surface area contributed by atoms with Gasteiger partial charge in [0.2, 0.25) is 5.88 Å². The minimum absolute atomic E-state index is 0.0165. The second-order valence-electron chi connectivity index (χ2n) is 12.5. The van der Waals surface area contributed by atoms with Crippen molar-refractivity contribution >= 4 is 5.97 Å². The second-order valence-corrected chi connectivity index (χ2v) is 12.5. The summed E-state index contributed by atoms with van der Waals surface area (Å²) in [5.74, 6) is -2.94. The first kappa shape index (κ1) is 27.6. The summed E-state index contributed by atoms with van der Waals surface area (Å²) in [4.78, 5) is 15.7. The lowest BCUT2D eigenvalue weighted by molar-refractivity contribution is -0.139. The highest BCUT2D eigenvalue weighted by atomic mass is 19.1. The largest absolute Gasteiger partial charge is 0.486 e. The number of ether oxygens (including phenoxy) is 2. The van der Waals surface area contributed by atoms with Crippen LogP contribution in [0.3, 0.4) is 0 Å². The summed E-state index contributed by atoms with van der Waals surface area (Å²) in [6.45, 7) is 4.11. The zero-order valence-corrected chi connectivity index (χ0v) is 23.5. The first-order valence-electron chi connectivity index (χ1n) is 14.3. The molecule has 6 rings (SSSR count). The molecule has 0 saturated heterocycles. The van der Waals surface area contributed by atoms with Crippen LogP contribution < -0.4 is 9.47 Å². The highest BCUT2D eigenvalue weighted by Gasteiger charge is 2.62. The molecule has 0 aliphatic heterocycles. The Bertz CT molecular complexity index is 1540. The quantitative estimate of drug-likeness (QED) is 0.318. The van der Waals surface area contributed by atoms with Gasteiger partial charge < -0.3 is 14.6 Å². The molecule has 3 aromatic rings. The van der Waals surface area contributed by atoms with Crippen molar-refractivity contribution in [2.45, 2.75) is 76.7 Å². The Balaban J connectivity index is 1.37. The highest BCUT2D eigenvalue weighted by Crippen LogP contribution is 2.61. The number of carboxylic acids is 1. The summed E-state index contributed by atoms with van der Waals surface area (Å²) in [6.07, 6.45) is 6.50. The number of aryl methyl sites for hydroxylation is 1. The van der Waals surface area contributed by atoms with E-state index in [9.17, 15) is 9.90 Å². The van der Waals surface area contributed by atoms with Crippen molar-refractivity contribution in [2.24, 2.45) is 11.3 Å². The van der Waals surface area contributed by atoms with Gasteiger partial charge in [-0.2, -0.15) is 0 Å². The minimum Gasteiger partial charge on any atom is -0.486 e. The standard InChI is InChI=1S/C33H34F3NO4/c1-32(2)10-5-7-23(32)21-12-19(25(34)13-20(21)22-14-28(40-3)37-16-26(22)35)17-41-27-9-8-18-6-4-11-33(29(18)30(27)36)15-24(33)31(38)39/h8-9,12-14,16,23-24H,4-7,10-11,15,17H2,1-3H3,(H,38,39)/t23-,24-,33+/m0/s1. The Hall–Kier alpha value is -3.55. The number of nitrogens with zero attached hydrogens (tertiary/aromatic N) is 1. The van der Waals surface area contributed by atoms with Gasteiger partial charge in [0.25, 0.3) is 0 Å². The van der Waals surface area contributed by atoms with Gasteiger partial charge in [0.15, 0.2) is 11.6 Å². The molecule has 0 unspecified atom stereocenters. The summed E-state index contributed by atoms with van der Waals surface area (Å²) in [6, 6.07) is 7.90. The number of hydrogen-bond donors (Lipinski definition) is 1. The molecule has 2 saturated carbocycles. The number of aliphatic carboxylic acids is 1. The maximum atomic E-state index is 15.9. The van der Waals surface area contributed by atoms with Gasteiger partial charge in [0.1, 0.15) is 18.2 Å². The van der Waals surface area contributed by atoms with E-state index in [1.165, 1.54) is 19.2 Å². The smallest absolute Gasteiger partial charge is 0.307 e. The molecule has 2 aromatic carbocycles. The first-order chi connectivity index (χ1) is 19.6. The van der Waals surface area contributed by atoms with Crippen molar-refractivity contribution in [3.05, 3.63) is 76.2 Å². The van der Waals surface area contributed by atoms with Crippen LogP contribution in [0.4, 0.5) is 13.2 Å². The Kier molecular flexibility index (Phi) is 6.78. The summed E-state index contributed by atoms with van der Waals surface area (Å²) < 4.78 is 57.7. The predicted octanol–water partition coefficient (Wildman–Crippen LogP) is 7.73. The molecule has 8 heteroatoms. The SMILES string of the molecule is COc1cc(-c2cc(F)c(COc3ccc4c(c3F)[C@]3(CCC4)C[C@H]3C(=O)O)cc2[C@@H]2CCCC2(C)C)c(F)cn1. The average Bonchev–Trinajstić information content (AvgIpc) is 3.54. The average molecular weight is 566 g/mol. The van der Waals surface area contributed by atoms with Crippen LogP contribution in [0.15, 0.2) is 36.5 Å². The van der Waals surface area contributed by atoms with E-state index >= 15 is 13.2 Å². The number of fused-ring (bicyclic) bond motifs is 2. The Labute approximate surface area is 237 Å². The van der Waals surface area contributed by atoms with E-state index < -0.39 is 34.8 Å². The summed E-state index contributed by atoms with van der Waals surface area (Å²) in [5, 5.41) is 9.61. The third kappa shape index (κ3) is 4.65. The second kappa shape index (κ2) is 10.1. The predicted molar refractivity (Wildman–Crippen MR) is 148 cm³/mol. The number of hydrogen-bond acceptors (Lipinski definition) is 4. The summed E-state index contributed by atoms with van der Waals surface area (Å²) >= 11 is 0. The molecule has 3 aliphatic rings. The fourth-order valence-corrected chi connectivity index (χ4v) is 7.42. The van der Waals surface area contributed by atoms with Gasteiger partial charge in [-0.05, 0) is 84.7 Å². The van der Waals surface area contributed by atoms with Crippen molar-refractivity contribution in [1.82, 2.24) is 4.98 Å². The number of rotatable bonds is 7. The van der Waals surface area contributed by atoms with Crippen molar-refractivity contribution < 1.29 is 32.5 Å². The minimum atomic E-state index is -0.906. The monoisotopic (exact) mass is 565 g/mol.